The number of amides is 2. The lowest BCUT2D eigenvalue weighted by molar-refractivity contribution is -0.731. The van der Waals surface area contributed by atoms with E-state index in [1.54, 1.807) is 13.8 Å². The Kier molecular flexibility index (Phi) is 3.95. The number of fused-ring (bicyclic) bond motifs is 1. The van der Waals surface area contributed by atoms with Crippen molar-refractivity contribution < 1.29 is 24.4 Å². The van der Waals surface area contributed by atoms with Gasteiger partial charge in [-0.25, -0.2) is 4.79 Å². The minimum Gasteiger partial charge on any atom is -0.461 e. The number of esters is 1. The molecule has 2 fully saturated rings. The fourth-order valence-electron chi connectivity index (χ4n) is 4.13. The van der Waals surface area contributed by atoms with Crippen LogP contribution in [0.1, 0.15) is 31.0 Å². The number of nitrogens with zero attached hydrogens (tertiary/aromatic N) is 1. The van der Waals surface area contributed by atoms with Crippen LogP contribution in [0.5, 0.6) is 0 Å². The van der Waals surface area contributed by atoms with Gasteiger partial charge in [-0.15, -0.1) is 0 Å². The lowest BCUT2D eigenvalue weighted by Crippen LogP contribution is -2.97. The zero-order valence-corrected chi connectivity index (χ0v) is 14.4. The van der Waals surface area contributed by atoms with E-state index in [9.17, 15) is 14.4 Å². The summed E-state index contributed by atoms with van der Waals surface area (Å²) in [6, 6.07) is 7.51. The SMILES string of the molecule is CCOC(=O)[C@@]1(C)[NH2+][C@@H](c2ccccc2C)[C@H]2C(=O)N(C)C(=O)[C@H]21. The summed E-state index contributed by atoms with van der Waals surface area (Å²) in [7, 11) is 1.49. The lowest BCUT2D eigenvalue weighted by Gasteiger charge is -2.25. The minimum absolute atomic E-state index is 0.220. The maximum atomic E-state index is 12.7. The number of aryl methyl sites for hydroxylation is 1. The van der Waals surface area contributed by atoms with Crippen molar-refractivity contribution in [2.45, 2.75) is 32.4 Å². The molecule has 0 spiro atoms. The molecule has 24 heavy (non-hydrogen) atoms. The van der Waals surface area contributed by atoms with Crippen LogP contribution >= 0.6 is 0 Å². The molecule has 4 atom stereocenters. The van der Waals surface area contributed by atoms with Gasteiger partial charge in [-0.2, -0.15) is 0 Å². The quantitative estimate of drug-likeness (QED) is 0.632. The van der Waals surface area contributed by atoms with Gasteiger partial charge in [-0.3, -0.25) is 14.5 Å². The van der Waals surface area contributed by atoms with Gasteiger partial charge in [0.05, 0.1) is 6.61 Å². The number of hydrogen-bond acceptors (Lipinski definition) is 4. The van der Waals surface area contributed by atoms with Crippen LogP contribution in [0.3, 0.4) is 0 Å². The fraction of sp³-hybridized carbons (Fsp3) is 0.500. The van der Waals surface area contributed by atoms with E-state index >= 15 is 0 Å². The van der Waals surface area contributed by atoms with E-state index < -0.39 is 23.3 Å². The number of likely N-dealkylation sites (tertiary alicyclic amines) is 1. The Morgan fingerprint density at radius 2 is 1.96 bits per heavy atom. The third kappa shape index (κ3) is 2.17. The largest absolute Gasteiger partial charge is 0.461 e. The normalized spacial score (nSPS) is 32.2. The third-order valence-corrected chi connectivity index (χ3v) is 5.39. The molecule has 0 aliphatic carbocycles. The number of rotatable bonds is 3. The van der Waals surface area contributed by atoms with E-state index in [1.165, 1.54) is 7.05 Å². The van der Waals surface area contributed by atoms with Gasteiger partial charge in [0, 0.05) is 19.5 Å². The first-order valence-corrected chi connectivity index (χ1v) is 8.23. The van der Waals surface area contributed by atoms with Crippen LogP contribution in [0, 0.1) is 18.8 Å². The zero-order chi connectivity index (χ0) is 17.6. The van der Waals surface area contributed by atoms with Crippen LogP contribution in [0.25, 0.3) is 0 Å². The summed E-state index contributed by atoms with van der Waals surface area (Å²) in [5, 5.41) is 1.85. The fourth-order valence-corrected chi connectivity index (χ4v) is 4.13. The first kappa shape index (κ1) is 16.6. The Morgan fingerprint density at radius 1 is 1.29 bits per heavy atom. The average Bonchev–Trinajstić information content (AvgIpc) is 2.98. The molecule has 0 radical (unpaired) electrons. The summed E-state index contributed by atoms with van der Waals surface area (Å²) in [6.45, 7) is 5.67. The number of ether oxygens (including phenoxy) is 1. The second-order valence-electron chi connectivity index (χ2n) is 6.79. The van der Waals surface area contributed by atoms with Crippen LogP contribution in [-0.4, -0.2) is 41.9 Å². The summed E-state index contributed by atoms with van der Waals surface area (Å²) in [6.07, 6.45) is 0. The smallest absolute Gasteiger partial charge is 0.368 e. The molecule has 0 unspecified atom stereocenters. The van der Waals surface area contributed by atoms with E-state index in [-0.39, 0.29) is 24.5 Å². The summed E-state index contributed by atoms with van der Waals surface area (Å²) in [4.78, 5) is 39.1. The van der Waals surface area contributed by atoms with Crippen molar-refractivity contribution in [2.24, 2.45) is 11.8 Å². The zero-order valence-electron chi connectivity index (χ0n) is 14.4. The molecule has 1 aromatic carbocycles. The second-order valence-corrected chi connectivity index (χ2v) is 6.79. The van der Waals surface area contributed by atoms with Gasteiger partial charge in [0.2, 0.25) is 17.4 Å². The van der Waals surface area contributed by atoms with Crippen molar-refractivity contribution in [3.8, 4) is 0 Å². The second kappa shape index (κ2) is 5.70. The van der Waals surface area contributed by atoms with E-state index in [0.29, 0.717) is 0 Å². The number of imide groups is 1. The third-order valence-electron chi connectivity index (χ3n) is 5.39. The number of hydrogen-bond donors (Lipinski definition) is 1. The molecule has 2 amide bonds. The Morgan fingerprint density at radius 3 is 2.58 bits per heavy atom. The molecule has 2 saturated heterocycles. The van der Waals surface area contributed by atoms with Gasteiger partial charge in [0.15, 0.2) is 0 Å². The van der Waals surface area contributed by atoms with Crippen molar-refractivity contribution in [1.82, 2.24) is 4.90 Å². The molecule has 2 aliphatic rings. The van der Waals surface area contributed by atoms with Crippen molar-refractivity contribution >= 4 is 17.8 Å². The molecular formula is C18H23N2O4+. The Labute approximate surface area is 141 Å². The Balaban J connectivity index is 2.10. The summed E-state index contributed by atoms with van der Waals surface area (Å²) in [5.74, 6) is -2.19. The molecule has 0 aromatic heterocycles. The van der Waals surface area contributed by atoms with E-state index in [4.69, 9.17) is 4.74 Å². The van der Waals surface area contributed by atoms with E-state index in [0.717, 1.165) is 16.0 Å². The van der Waals surface area contributed by atoms with Crippen LogP contribution in [-0.2, 0) is 19.1 Å². The maximum Gasteiger partial charge on any atom is 0.368 e. The standard InChI is InChI=1S/C18H22N2O4/c1-5-24-17(23)18(3)13-12(15(21)20(4)16(13)22)14(19-18)11-9-7-6-8-10(11)2/h6-9,12-14,19H,5H2,1-4H3/p+1/t12-,13-,14-,18-/m0/s1. The monoisotopic (exact) mass is 331 g/mol. The number of carbonyl (C=O) groups excluding carboxylic acids is 3. The van der Waals surface area contributed by atoms with Crippen molar-refractivity contribution in [3.63, 3.8) is 0 Å². The highest BCUT2D eigenvalue weighted by Crippen LogP contribution is 2.44. The van der Waals surface area contributed by atoms with Gasteiger partial charge >= 0.3 is 5.97 Å². The van der Waals surface area contributed by atoms with Crippen LogP contribution < -0.4 is 5.32 Å². The number of carbonyl (C=O) groups is 3. The number of nitrogens with two attached hydrogens (primary N) is 1. The summed E-state index contributed by atoms with van der Waals surface area (Å²) < 4.78 is 5.22. The first-order valence-electron chi connectivity index (χ1n) is 8.23. The molecule has 2 aliphatic heterocycles. The van der Waals surface area contributed by atoms with Gasteiger partial charge < -0.3 is 10.1 Å². The van der Waals surface area contributed by atoms with E-state index in [1.807, 2.05) is 36.5 Å². The average molecular weight is 331 g/mol. The van der Waals surface area contributed by atoms with Crippen molar-refractivity contribution in [3.05, 3.63) is 35.4 Å². The molecule has 2 N–H and O–H groups in total. The number of benzene rings is 1. The highest BCUT2D eigenvalue weighted by atomic mass is 16.5. The molecule has 0 bridgehead atoms. The van der Waals surface area contributed by atoms with Gasteiger partial charge in [-0.05, 0) is 19.4 Å². The molecule has 6 heteroatoms. The molecule has 3 rings (SSSR count). The highest BCUT2D eigenvalue weighted by molar-refractivity contribution is 6.08. The lowest BCUT2D eigenvalue weighted by atomic mass is 9.80. The Bertz CT molecular complexity index is 717. The summed E-state index contributed by atoms with van der Waals surface area (Å²) in [5.41, 5.74) is 0.933. The van der Waals surface area contributed by atoms with Gasteiger partial charge in [0.25, 0.3) is 0 Å². The molecule has 0 saturated carbocycles. The molecule has 128 valence electrons. The highest BCUT2D eigenvalue weighted by Gasteiger charge is 2.70. The van der Waals surface area contributed by atoms with Crippen LogP contribution in [0.2, 0.25) is 0 Å². The van der Waals surface area contributed by atoms with Crippen molar-refractivity contribution in [1.29, 1.82) is 0 Å². The molecule has 1 aromatic rings. The van der Waals surface area contributed by atoms with Crippen LogP contribution in [0.15, 0.2) is 24.3 Å². The van der Waals surface area contributed by atoms with Gasteiger partial charge in [-0.1, -0.05) is 24.3 Å². The van der Waals surface area contributed by atoms with Crippen LogP contribution in [0.4, 0.5) is 0 Å². The predicted molar refractivity (Wildman–Crippen MR) is 85.6 cm³/mol. The van der Waals surface area contributed by atoms with E-state index in [2.05, 4.69) is 0 Å². The predicted octanol–water partition coefficient (Wildman–Crippen LogP) is 0.166. The molecule has 2 heterocycles. The summed E-state index contributed by atoms with van der Waals surface area (Å²) >= 11 is 0. The Hall–Kier alpha value is -2.21. The van der Waals surface area contributed by atoms with Crippen molar-refractivity contribution in [2.75, 3.05) is 13.7 Å². The maximum absolute atomic E-state index is 12.7. The number of quaternary nitrogens is 1. The molecular weight excluding hydrogens is 308 g/mol. The molecule has 6 nitrogen and oxygen atoms in total. The minimum atomic E-state index is -1.09. The first-order chi connectivity index (χ1) is 11.3. The van der Waals surface area contributed by atoms with Gasteiger partial charge in [0.1, 0.15) is 17.9 Å². The topological polar surface area (TPSA) is 80.3 Å².